The minimum Gasteiger partial charge on any atom is -0.487 e. The summed E-state index contributed by atoms with van der Waals surface area (Å²) in [4.78, 5) is 2.24. The van der Waals surface area contributed by atoms with Crippen LogP contribution in [-0.4, -0.2) is 68.2 Å². The van der Waals surface area contributed by atoms with E-state index in [0.717, 1.165) is 13.0 Å². The Hall–Kier alpha value is -2.44. The molecule has 2 aromatic carbocycles. The molecule has 3 rings (SSSR count). The zero-order valence-corrected chi connectivity index (χ0v) is 21.0. The van der Waals surface area contributed by atoms with E-state index in [0.29, 0.717) is 17.7 Å². The predicted octanol–water partition coefficient (Wildman–Crippen LogP) is 3.34. The molecule has 0 aromatic heterocycles. The second kappa shape index (κ2) is 11.3. The summed E-state index contributed by atoms with van der Waals surface area (Å²) in [7, 11) is -1.87. The van der Waals surface area contributed by atoms with E-state index < -0.39 is 16.1 Å². The Morgan fingerprint density at radius 3 is 2.50 bits per heavy atom. The van der Waals surface area contributed by atoms with Crippen molar-refractivity contribution in [2.24, 2.45) is 5.92 Å². The number of ether oxygens (including phenoxy) is 1. The van der Waals surface area contributed by atoms with Gasteiger partial charge in [0.25, 0.3) is 0 Å². The lowest BCUT2D eigenvalue weighted by Gasteiger charge is -2.37. The van der Waals surface area contributed by atoms with Crippen LogP contribution in [0.15, 0.2) is 47.4 Å². The molecule has 0 saturated carbocycles. The lowest BCUT2D eigenvalue weighted by Crippen LogP contribution is -2.49. The summed E-state index contributed by atoms with van der Waals surface area (Å²) >= 11 is 0. The Morgan fingerprint density at radius 2 is 1.85 bits per heavy atom. The molecule has 0 aliphatic carbocycles. The number of benzene rings is 2. The largest absolute Gasteiger partial charge is 0.487 e. The molecular formula is C26H33FN2O4S. The number of halogens is 1. The van der Waals surface area contributed by atoms with Crippen molar-refractivity contribution in [1.82, 2.24) is 9.21 Å². The number of nitrogens with zero attached hydrogens (tertiary/aromatic N) is 2. The van der Waals surface area contributed by atoms with Crippen LogP contribution in [-0.2, 0) is 10.0 Å². The molecule has 0 fully saturated rings. The highest BCUT2D eigenvalue weighted by Gasteiger charge is 2.38. The van der Waals surface area contributed by atoms with Crippen molar-refractivity contribution < 1.29 is 22.7 Å². The van der Waals surface area contributed by atoms with Crippen molar-refractivity contribution in [1.29, 1.82) is 0 Å². The molecular weight excluding hydrogens is 455 g/mol. The van der Waals surface area contributed by atoms with Gasteiger partial charge in [-0.1, -0.05) is 25.7 Å². The summed E-state index contributed by atoms with van der Waals surface area (Å²) in [5.41, 5.74) is 1.24. The van der Waals surface area contributed by atoms with Crippen LogP contribution in [0.4, 0.5) is 4.39 Å². The molecule has 1 N–H and O–H groups in total. The van der Waals surface area contributed by atoms with Crippen LogP contribution in [0.25, 0.3) is 0 Å². The molecule has 34 heavy (non-hydrogen) atoms. The molecule has 0 amide bonds. The summed E-state index contributed by atoms with van der Waals surface area (Å²) in [6.45, 7) is 7.30. The highest BCUT2D eigenvalue weighted by atomic mass is 32.2. The van der Waals surface area contributed by atoms with Crippen LogP contribution in [0.1, 0.15) is 38.3 Å². The van der Waals surface area contributed by atoms with E-state index in [9.17, 15) is 17.9 Å². The molecule has 1 aliphatic heterocycles. The van der Waals surface area contributed by atoms with Crippen molar-refractivity contribution in [3.8, 4) is 17.6 Å². The maximum atomic E-state index is 13.5. The fraction of sp³-hybridized carbons (Fsp3) is 0.462. The van der Waals surface area contributed by atoms with Gasteiger partial charge in [-0.25, -0.2) is 12.8 Å². The van der Waals surface area contributed by atoms with Crippen LogP contribution in [0.2, 0.25) is 0 Å². The van der Waals surface area contributed by atoms with Gasteiger partial charge in [-0.15, -0.1) is 0 Å². The first kappa shape index (κ1) is 26.2. The number of rotatable bonds is 6. The molecule has 0 saturated heterocycles. The smallest absolute Gasteiger partial charge is 0.247 e. The van der Waals surface area contributed by atoms with Gasteiger partial charge < -0.3 is 14.7 Å². The van der Waals surface area contributed by atoms with Gasteiger partial charge >= 0.3 is 0 Å². The summed E-state index contributed by atoms with van der Waals surface area (Å²) in [5, 5.41) is 9.75. The SMILES string of the molecule is CCCN(C)C[C@H]1Oc2cc(C#Cc3ccc(F)cc3)ccc2S(=O)(=O)N([C@@H](C)CO)C[C@H]1C. The average Bonchev–Trinajstić information content (AvgIpc) is 2.80. The van der Waals surface area contributed by atoms with Gasteiger partial charge in [0.15, 0.2) is 0 Å². The first-order chi connectivity index (χ1) is 16.1. The molecule has 184 valence electrons. The van der Waals surface area contributed by atoms with Crippen molar-refractivity contribution in [2.45, 2.75) is 44.2 Å². The molecule has 8 heteroatoms. The van der Waals surface area contributed by atoms with E-state index in [1.54, 1.807) is 31.2 Å². The van der Waals surface area contributed by atoms with Crippen molar-refractivity contribution in [3.63, 3.8) is 0 Å². The number of hydrogen-bond acceptors (Lipinski definition) is 5. The van der Waals surface area contributed by atoms with Crippen LogP contribution in [0.3, 0.4) is 0 Å². The Labute approximate surface area is 202 Å². The zero-order chi connectivity index (χ0) is 24.9. The Bertz CT molecular complexity index is 1140. The third-order valence-corrected chi connectivity index (χ3v) is 7.98. The highest BCUT2D eigenvalue weighted by molar-refractivity contribution is 7.89. The van der Waals surface area contributed by atoms with Crippen molar-refractivity contribution >= 4 is 10.0 Å². The van der Waals surface area contributed by atoms with Gasteiger partial charge in [-0.3, -0.25) is 0 Å². The third kappa shape index (κ3) is 6.16. The topological polar surface area (TPSA) is 70.1 Å². The van der Waals surface area contributed by atoms with Crippen LogP contribution < -0.4 is 4.74 Å². The first-order valence-corrected chi connectivity index (χ1v) is 13.0. The van der Waals surface area contributed by atoms with Gasteiger partial charge in [0.2, 0.25) is 10.0 Å². The quantitative estimate of drug-likeness (QED) is 0.632. The fourth-order valence-corrected chi connectivity index (χ4v) is 5.80. The van der Waals surface area contributed by atoms with Crippen LogP contribution in [0, 0.1) is 23.6 Å². The minimum absolute atomic E-state index is 0.0650. The number of aliphatic hydroxyl groups excluding tert-OH is 1. The number of hydrogen-bond donors (Lipinski definition) is 1. The highest BCUT2D eigenvalue weighted by Crippen LogP contribution is 2.34. The second-order valence-corrected chi connectivity index (χ2v) is 10.8. The molecule has 1 heterocycles. The molecule has 3 atom stereocenters. The minimum atomic E-state index is -3.89. The van der Waals surface area contributed by atoms with Crippen molar-refractivity contribution in [3.05, 3.63) is 59.4 Å². The average molecular weight is 489 g/mol. The monoisotopic (exact) mass is 488 g/mol. The lowest BCUT2D eigenvalue weighted by atomic mass is 10.0. The molecule has 0 bridgehead atoms. The standard InChI is InChI=1S/C26H33FN2O4S/c1-5-14-28(4)17-25-19(2)16-29(20(3)18-30)34(31,32)26-13-10-22(15-24(26)33-25)7-6-21-8-11-23(27)12-9-21/h8-13,15,19-20,25,30H,5,14,16-18H2,1-4H3/t19-,20+,25-/m1/s1. The van der Waals surface area contributed by atoms with E-state index in [4.69, 9.17) is 4.74 Å². The Kier molecular flexibility index (Phi) is 8.72. The lowest BCUT2D eigenvalue weighted by molar-refractivity contribution is 0.0752. The number of likely N-dealkylation sites (N-methyl/N-ethyl adjacent to an activating group) is 1. The molecule has 0 spiro atoms. The normalized spacial score (nSPS) is 20.9. The maximum absolute atomic E-state index is 13.5. The number of sulfonamides is 1. The fourth-order valence-electron chi connectivity index (χ4n) is 3.98. The predicted molar refractivity (Wildman–Crippen MR) is 131 cm³/mol. The molecule has 2 aromatic rings. The van der Waals surface area contributed by atoms with Gasteiger partial charge in [-0.2, -0.15) is 4.31 Å². The first-order valence-electron chi connectivity index (χ1n) is 11.5. The van der Waals surface area contributed by atoms with E-state index >= 15 is 0 Å². The maximum Gasteiger partial charge on any atom is 0.247 e. The van der Waals surface area contributed by atoms with E-state index in [1.165, 1.54) is 22.5 Å². The van der Waals surface area contributed by atoms with Gasteiger partial charge in [0.1, 0.15) is 22.6 Å². The van der Waals surface area contributed by atoms with Crippen LogP contribution >= 0.6 is 0 Å². The van der Waals surface area contributed by atoms with Gasteiger partial charge in [0, 0.05) is 36.2 Å². The van der Waals surface area contributed by atoms with E-state index in [-0.39, 0.29) is 41.6 Å². The summed E-state index contributed by atoms with van der Waals surface area (Å²) in [5.74, 6) is 5.80. The number of aliphatic hydroxyl groups is 1. The molecule has 1 aliphatic rings. The van der Waals surface area contributed by atoms with Gasteiger partial charge in [-0.05, 0) is 69.4 Å². The molecule has 6 nitrogen and oxygen atoms in total. The van der Waals surface area contributed by atoms with E-state index in [2.05, 4.69) is 23.7 Å². The summed E-state index contributed by atoms with van der Waals surface area (Å²) in [6, 6.07) is 10.1. The summed E-state index contributed by atoms with van der Waals surface area (Å²) < 4.78 is 47.9. The Morgan fingerprint density at radius 1 is 1.21 bits per heavy atom. The summed E-state index contributed by atoms with van der Waals surface area (Å²) in [6.07, 6.45) is 0.749. The van der Waals surface area contributed by atoms with Crippen LogP contribution in [0.5, 0.6) is 5.75 Å². The zero-order valence-electron chi connectivity index (χ0n) is 20.2. The molecule has 0 unspecified atom stereocenters. The molecule has 0 radical (unpaired) electrons. The van der Waals surface area contributed by atoms with E-state index in [1.807, 2.05) is 14.0 Å². The number of fused-ring (bicyclic) bond motifs is 1. The Balaban J connectivity index is 2.04. The van der Waals surface area contributed by atoms with Crippen molar-refractivity contribution in [2.75, 3.05) is 33.3 Å². The van der Waals surface area contributed by atoms with Gasteiger partial charge in [0.05, 0.1) is 6.61 Å². The second-order valence-electron chi connectivity index (χ2n) is 8.92. The third-order valence-electron chi connectivity index (χ3n) is 5.96.